The summed E-state index contributed by atoms with van der Waals surface area (Å²) in [5.74, 6) is 1.48. The Balaban J connectivity index is 1.25. The van der Waals surface area contributed by atoms with Gasteiger partial charge in [0.15, 0.2) is 0 Å². The Morgan fingerprint density at radius 1 is 0.930 bits per heavy atom. The predicted octanol–water partition coefficient (Wildman–Crippen LogP) is 4.90. The van der Waals surface area contributed by atoms with Crippen LogP contribution in [0.4, 0.5) is 4.79 Å². The van der Waals surface area contributed by atoms with Crippen LogP contribution in [0.25, 0.3) is 0 Å². The van der Waals surface area contributed by atoms with Gasteiger partial charge < -0.3 is 29.0 Å². The van der Waals surface area contributed by atoms with E-state index in [2.05, 4.69) is 0 Å². The first-order valence-corrected chi connectivity index (χ1v) is 15.7. The minimum Gasteiger partial charge on any atom is -0.496 e. The van der Waals surface area contributed by atoms with Crippen LogP contribution in [0, 0.1) is 6.92 Å². The molecule has 0 spiro atoms. The first-order chi connectivity index (χ1) is 20.8. The average Bonchev–Trinajstić information content (AvgIpc) is 3.01. The van der Waals surface area contributed by atoms with Crippen molar-refractivity contribution in [3.05, 3.63) is 89.5 Å². The summed E-state index contributed by atoms with van der Waals surface area (Å²) >= 11 is 0. The zero-order chi connectivity index (χ0) is 30.7. The highest BCUT2D eigenvalue weighted by atomic mass is 32.2. The molecule has 10 nitrogen and oxygen atoms in total. The highest BCUT2D eigenvalue weighted by Crippen LogP contribution is 2.32. The lowest BCUT2D eigenvalue weighted by atomic mass is 9.87. The molecule has 1 amide bonds. The van der Waals surface area contributed by atoms with Gasteiger partial charge in [0.25, 0.3) is 10.1 Å². The maximum Gasteiger partial charge on any atom is 0.407 e. The number of nitrogens with zero attached hydrogens (tertiary/aromatic N) is 1. The van der Waals surface area contributed by atoms with Crippen LogP contribution in [0.2, 0.25) is 0 Å². The van der Waals surface area contributed by atoms with Crippen molar-refractivity contribution in [1.29, 1.82) is 0 Å². The minimum absolute atomic E-state index is 0.00202. The minimum atomic E-state index is -3.92. The van der Waals surface area contributed by atoms with Gasteiger partial charge in [-0.2, -0.15) is 8.42 Å². The number of carboxylic acid groups (broad SMARTS) is 1. The van der Waals surface area contributed by atoms with Crippen molar-refractivity contribution in [3.8, 4) is 11.5 Å². The molecule has 0 saturated carbocycles. The van der Waals surface area contributed by atoms with Crippen LogP contribution in [-0.4, -0.2) is 83.9 Å². The number of para-hydroxylation sites is 1. The molecule has 1 saturated heterocycles. The van der Waals surface area contributed by atoms with E-state index in [1.807, 2.05) is 55.5 Å². The molecule has 3 aromatic carbocycles. The molecule has 232 valence electrons. The molecule has 1 aliphatic heterocycles. The van der Waals surface area contributed by atoms with Gasteiger partial charge in [0.1, 0.15) is 18.1 Å². The molecular weight excluding hydrogens is 574 g/mol. The average molecular weight is 614 g/mol. The maximum atomic E-state index is 12.5. The Bertz CT molecular complexity index is 1410. The number of aryl methyl sites for hydroxylation is 1. The quantitative estimate of drug-likeness (QED) is 0.188. The van der Waals surface area contributed by atoms with Gasteiger partial charge in [0, 0.05) is 12.5 Å². The number of likely N-dealkylation sites (tertiary alicyclic amines) is 1. The van der Waals surface area contributed by atoms with Crippen LogP contribution >= 0.6 is 0 Å². The van der Waals surface area contributed by atoms with Crippen LogP contribution in [-0.2, 0) is 30.2 Å². The number of carbonyl (C=O) groups is 1. The second-order valence-electron chi connectivity index (χ2n) is 10.2. The van der Waals surface area contributed by atoms with Gasteiger partial charge in [-0.25, -0.2) is 4.79 Å². The molecule has 11 heteroatoms. The van der Waals surface area contributed by atoms with E-state index in [1.54, 1.807) is 19.2 Å². The zero-order valence-electron chi connectivity index (χ0n) is 24.5. The Labute approximate surface area is 253 Å². The number of rotatable bonds is 15. The topological polar surface area (TPSA) is 121 Å². The molecule has 3 aromatic rings. The Morgan fingerprint density at radius 2 is 1.67 bits per heavy atom. The molecule has 0 aromatic heterocycles. The van der Waals surface area contributed by atoms with Gasteiger partial charge in [0.2, 0.25) is 0 Å². The lowest BCUT2D eigenvalue weighted by Crippen LogP contribution is -2.46. The van der Waals surface area contributed by atoms with E-state index in [4.69, 9.17) is 23.1 Å². The van der Waals surface area contributed by atoms with E-state index < -0.39 is 22.3 Å². The fourth-order valence-corrected chi connectivity index (χ4v) is 5.87. The van der Waals surface area contributed by atoms with Crippen molar-refractivity contribution in [2.24, 2.45) is 0 Å². The van der Waals surface area contributed by atoms with Gasteiger partial charge in [0.05, 0.1) is 51.1 Å². The molecule has 4 rings (SSSR count). The SMILES string of the molecule is COc1ccccc1CCOCCOc1ccc(C2CCN(C(=O)O)CC2OCCOS(=O)(=O)c2ccc(C)cc2)cc1. The number of benzene rings is 3. The molecule has 0 aliphatic carbocycles. The monoisotopic (exact) mass is 613 g/mol. The summed E-state index contributed by atoms with van der Waals surface area (Å²) in [7, 11) is -2.26. The summed E-state index contributed by atoms with van der Waals surface area (Å²) < 4.78 is 53.0. The summed E-state index contributed by atoms with van der Waals surface area (Å²) in [6.45, 7) is 3.65. The third-order valence-electron chi connectivity index (χ3n) is 7.31. The van der Waals surface area contributed by atoms with Gasteiger partial charge in [-0.05, 0) is 61.2 Å². The van der Waals surface area contributed by atoms with Gasteiger partial charge >= 0.3 is 6.09 Å². The van der Waals surface area contributed by atoms with E-state index in [0.717, 1.165) is 28.9 Å². The maximum absolute atomic E-state index is 12.5. The van der Waals surface area contributed by atoms with E-state index in [9.17, 15) is 18.3 Å². The van der Waals surface area contributed by atoms with Crippen LogP contribution in [0.3, 0.4) is 0 Å². The van der Waals surface area contributed by atoms with E-state index >= 15 is 0 Å². The third-order valence-corrected chi connectivity index (χ3v) is 8.63. The summed E-state index contributed by atoms with van der Waals surface area (Å²) in [6, 6.07) is 21.9. The number of hydrogen-bond donors (Lipinski definition) is 1. The van der Waals surface area contributed by atoms with Crippen LogP contribution in [0.1, 0.15) is 29.0 Å². The number of ether oxygens (including phenoxy) is 4. The lowest BCUT2D eigenvalue weighted by molar-refractivity contribution is -0.0200. The molecule has 43 heavy (non-hydrogen) atoms. The molecule has 1 aliphatic rings. The Hall–Kier alpha value is -3.64. The second-order valence-corrected chi connectivity index (χ2v) is 11.8. The fraction of sp³-hybridized carbons (Fsp3) is 0.406. The van der Waals surface area contributed by atoms with Crippen LogP contribution < -0.4 is 9.47 Å². The number of amides is 1. The molecule has 2 atom stereocenters. The van der Waals surface area contributed by atoms with Gasteiger partial charge in [-0.3, -0.25) is 4.18 Å². The van der Waals surface area contributed by atoms with Crippen molar-refractivity contribution in [3.63, 3.8) is 0 Å². The molecule has 1 heterocycles. The Kier molecular flexibility index (Phi) is 11.8. The first kappa shape index (κ1) is 32.3. The number of methoxy groups -OCH3 is 1. The molecular formula is C32H39NO9S. The van der Waals surface area contributed by atoms with Crippen LogP contribution in [0.15, 0.2) is 77.7 Å². The highest BCUT2D eigenvalue weighted by molar-refractivity contribution is 7.86. The largest absolute Gasteiger partial charge is 0.496 e. The molecule has 1 N–H and O–H groups in total. The van der Waals surface area contributed by atoms with Crippen molar-refractivity contribution in [2.45, 2.75) is 36.7 Å². The number of hydrogen-bond acceptors (Lipinski definition) is 8. The van der Waals surface area contributed by atoms with Crippen molar-refractivity contribution < 1.29 is 41.4 Å². The van der Waals surface area contributed by atoms with Crippen molar-refractivity contribution >= 4 is 16.2 Å². The molecule has 1 fully saturated rings. The second kappa shape index (κ2) is 15.7. The van der Waals surface area contributed by atoms with Crippen LogP contribution in [0.5, 0.6) is 11.5 Å². The van der Waals surface area contributed by atoms with E-state index in [-0.39, 0.29) is 30.6 Å². The lowest BCUT2D eigenvalue weighted by Gasteiger charge is -2.37. The number of piperidine rings is 1. The summed E-state index contributed by atoms with van der Waals surface area (Å²) in [4.78, 5) is 13.0. The molecule has 0 radical (unpaired) electrons. The van der Waals surface area contributed by atoms with E-state index in [0.29, 0.717) is 38.5 Å². The fourth-order valence-electron chi connectivity index (χ4n) is 4.98. The first-order valence-electron chi connectivity index (χ1n) is 14.2. The normalized spacial score (nSPS) is 17.0. The smallest absolute Gasteiger partial charge is 0.407 e. The zero-order valence-corrected chi connectivity index (χ0v) is 25.3. The molecule has 0 bridgehead atoms. The van der Waals surface area contributed by atoms with Crippen molar-refractivity contribution in [2.75, 3.05) is 53.2 Å². The van der Waals surface area contributed by atoms with Gasteiger partial charge in [-0.1, -0.05) is 48.0 Å². The summed E-state index contributed by atoms with van der Waals surface area (Å²) in [5, 5.41) is 9.53. The Morgan fingerprint density at radius 3 is 2.40 bits per heavy atom. The summed E-state index contributed by atoms with van der Waals surface area (Å²) in [5.41, 5.74) is 3.03. The standard InChI is InChI=1S/C32H39NO9S/c1-24-7-13-28(14-8-24)43(36,37)42-22-21-41-31-23-33(32(34)35)17-15-29(31)25-9-11-27(12-10-25)40-20-19-39-18-16-26-5-3-4-6-30(26)38-2/h3-14,29,31H,15-23H2,1-2H3,(H,34,35). The van der Waals surface area contributed by atoms with E-state index in [1.165, 1.54) is 17.0 Å². The predicted molar refractivity (Wildman–Crippen MR) is 160 cm³/mol. The van der Waals surface area contributed by atoms with Gasteiger partial charge in [-0.15, -0.1) is 0 Å². The molecule has 2 unspecified atom stereocenters. The third kappa shape index (κ3) is 9.42. The summed E-state index contributed by atoms with van der Waals surface area (Å²) in [6.07, 6.45) is -0.157. The highest BCUT2D eigenvalue weighted by Gasteiger charge is 2.33. The van der Waals surface area contributed by atoms with Crippen molar-refractivity contribution in [1.82, 2.24) is 4.90 Å².